The lowest BCUT2D eigenvalue weighted by atomic mass is 10.2. The summed E-state index contributed by atoms with van der Waals surface area (Å²) in [6, 6.07) is 6.99. The van der Waals surface area contributed by atoms with Crippen molar-refractivity contribution in [1.29, 1.82) is 0 Å². The highest BCUT2D eigenvalue weighted by Crippen LogP contribution is 2.32. The molecule has 5 nitrogen and oxygen atoms in total. The second-order valence-electron chi connectivity index (χ2n) is 5.92. The number of amides is 2. The molecule has 2 atom stereocenters. The molecule has 0 bridgehead atoms. The number of thiocarbonyl (C=S) groups is 1. The van der Waals surface area contributed by atoms with Crippen LogP contribution in [-0.2, 0) is 9.59 Å². The summed E-state index contributed by atoms with van der Waals surface area (Å²) in [5, 5.41) is 13.2. The zero-order valence-corrected chi connectivity index (χ0v) is 16.9. The minimum atomic E-state index is -0.513. The minimum absolute atomic E-state index is 0.144. The van der Waals surface area contributed by atoms with Gasteiger partial charge >= 0.3 is 0 Å². The van der Waals surface area contributed by atoms with Gasteiger partial charge in [-0.2, -0.15) is 11.8 Å². The van der Waals surface area contributed by atoms with E-state index in [1.807, 2.05) is 12.1 Å². The second-order valence-corrected chi connectivity index (χ2v) is 9.10. The van der Waals surface area contributed by atoms with Crippen molar-refractivity contribution in [3.8, 4) is 0 Å². The van der Waals surface area contributed by atoms with Crippen molar-refractivity contribution in [1.82, 2.24) is 10.2 Å². The zero-order chi connectivity index (χ0) is 18.7. The molecule has 0 radical (unpaired) electrons. The molecular weight excluding hydrogens is 412 g/mol. The van der Waals surface area contributed by atoms with Crippen molar-refractivity contribution in [2.75, 3.05) is 18.1 Å². The molecule has 2 fully saturated rings. The highest BCUT2D eigenvalue weighted by atomic mass is 35.5. The number of halogens is 1. The maximum absolute atomic E-state index is 12.6. The molecule has 0 aliphatic carbocycles. The molecule has 26 heavy (non-hydrogen) atoms. The minimum Gasteiger partial charge on any atom is -0.390 e. The van der Waals surface area contributed by atoms with Gasteiger partial charge in [-0.1, -0.05) is 47.7 Å². The zero-order valence-electron chi connectivity index (χ0n) is 13.7. The largest absolute Gasteiger partial charge is 0.390 e. The van der Waals surface area contributed by atoms with Crippen molar-refractivity contribution in [3.63, 3.8) is 0 Å². The fourth-order valence-corrected chi connectivity index (χ4v) is 5.29. The standard InChI is InChI=1S/C17H17ClN2O3S3/c18-11-3-1-2-10(6-11)7-14-16(23)20(17(24)26-14)5-4-15(22)19-12-8-25-9-13(12)21/h1-3,6-7,12-13,21H,4-5,8-9H2,(H,19,22)/b14-7+. The molecule has 2 aliphatic heterocycles. The molecule has 2 saturated heterocycles. The maximum Gasteiger partial charge on any atom is 0.266 e. The molecule has 2 N–H and O–H groups in total. The number of hydrogen-bond donors (Lipinski definition) is 2. The first-order valence-electron chi connectivity index (χ1n) is 8.00. The second kappa shape index (κ2) is 8.75. The third-order valence-electron chi connectivity index (χ3n) is 3.98. The molecular formula is C17H17ClN2O3S3. The molecule has 2 aliphatic rings. The predicted octanol–water partition coefficient (Wildman–Crippen LogP) is 2.52. The predicted molar refractivity (Wildman–Crippen MR) is 111 cm³/mol. The smallest absolute Gasteiger partial charge is 0.266 e. The van der Waals surface area contributed by atoms with Crippen LogP contribution in [0.25, 0.3) is 6.08 Å². The Balaban J connectivity index is 1.58. The van der Waals surface area contributed by atoms with Gasteiger partial charge in [-0.3, -0.25) is 14.5 Å². The van der Waals surface area contributed by atoms with Crippen LogP contribution < -0.4 is 5.32 Å². The number of benzene rings is 1. The van der Waals surface area contributed by atoms with E-state index in [0.717, 1.165) is 5.56 Å². The number of nitrogens with one attached hydrogen (secondary N) is 1. The fourth-order valence-electron chi connectivity index (χ4n) is 2.61. The van der Waals surface area contributed by atoms with Crippen molar-refractivity contribution in [3.05, 3.63) is 39.8 Å². The molecule has 0 saturated carbocycles. The number of carbonyl (C=O) groups excluding carboxylic acids is 2. The quantitative estimate of drug-likeness (QED) is 0.554. The van der Waals surface area contributed by atoms with Gasteiger partial charge in [0.15, 0.2) is 0 Å². The van der Waals surface area contributed by atoms with Gasteiger partial charge in [0, 0.05) is 29.5 Å². The van der Waals surface area contributed by atoms with E-state index in [2.05, 4.69) is 5.32 Å². The number of hydrogen-bond acceptors (Lipinski definition) is 6. The van der Waals surface area contributed by atoms with Crippen LogP contribution in [0.3, 0.4) is 0 Å². The van der Waals surface area contributed by atoms with Gasteiger partial charge in [-0.25, -0.2) is 0 Å². The van der Waals surface area contributed by atoms with Crippen LogP contribution in [0.15, 0.2) is 29.2 Å². The number of rotatable bonds is 5. The topological polar surface area (TPSA) is 69.6 Å². The van der Waals surface area contributed by atoms with E-state index in [9.17, 15) is 14.7 Å². The van der Waals surface area contributed by atoms with Crippen LogP contribution in [0.2, 0.25) is 5.02 Å². The number of aliphatic hydroxyl groups is 1. The summed E-state index contributed by atoms with van der Waals surface area (Å²) in [6.07, 6.45) is 1.38. The lowest BCUT2D eigenvalue weighted by molar-refractivity contribution is -0.124. The normalized spacial score (nSPS) is 24.5. The fraction of sp³-hybridized carbons (Fsp3) is 0.353. The summed E-state index contributed by atoms with van der Waals surface area (Å²) in [4.78, 5) is 26.6. The average molecular weight is 429 g/mol. The maximum atomic E-state index is 12.6. The Morgan fingerprint density at radius 2 is 2.27 bits per heavy atom. The summed E-state index contributed by atoms with van der Waals surface area (Å²) in [5.74, 6) is 0.943. The van der Waals surface area contributed by atoms with Crippen LogP contribution in [0, 0.1) is 0 Å². The third kappa shape index (κ3) is 4.80. The first kappa shape index (κ1) is 19.7. The molecule has 2 unspecified atom stereocenters. The lowest BCUT2D eigenvalue weighted by Crippen LogP contribution is -2.43. The monoisotopic (exact) mass is 428 g/mol. The van der Waals surface area contributed by atoms with Crippen LogP contribution in [0.4, 0.5) is 0 Å². The average Bonchev–Trinajstić information content (AvgIpc) is 3.10. The first-order chi connectivity index (χ1) is 12.4. The van der Waals surface area contributed by atoms with E-state index in [1.165, 1.54) is 16.7 Å². The van der Waals surface area contributed by atoms with Crippen molar-refractivity contribution in [2.45, 2.75) is 18.6 Å². The molecule has 2 amide bonds. The Labute approximate surface area is 170 Å². The van der Waals surface area contributed by atoms with E-state index in [0.29, 0.717) is 25.8 Å². The summed E-state index contributed by atoms with van der Waals surface area (Å²) >= 11 is 14.1. The van der Waals surface area contributed by atoms with Crippen LogP contribution >= 0.6 is 47.3 Å². The SMILES string of the molecule is O=C(CCN1C(=O)/C(=C\c2cccc(Cl)c2)SC1=S)NC1CSCC1O. The van der Waals surface area contributed by atoms with Gasteiger partial charge in [0.1, 0.15) is 4.32 Å². The van der Waals surface area contributed by atoms with Gasteiger partial charge in [-0.05, 0) is 23.8 Å². The third-order valence-corrected chi connectivity index (χ3v) is 6.76. The molecule has 1 aromatic rings. The van der Waals surface area contributed by atoms with Crippen molar-refractivity contribution in [2.24, 2.45) is 0 Å². The van der Waals surface area contributed by atoms with E-state index in [4.69, 9.17) is 23.8 Å². The first-order valence-corrected chi connectivity index (χ1v) is 10.8. The molecule has 0 spiro atoms. The van der Waals surface area contributed by atoms with Gasteiger partial charge in [-0.15, -0.1) is 0 Å². The van der Waals surface area contributed by atoms with E-state index in [1.54, 1.807) is 30.0 Å². The molecule has 3 rings (SSSR count). The van der Waals surface area contributed by atoms with Crippen LogP contribution in [0.5, 0.6) is 0 Å². The summed E-state index contributed by atoms with van der Waals surface area (Å²) in [7, 11) is 0. The van der Waals surface area contributed by atoms with Gasteiger partial charge < -0.3 is 10.4 Å². The lowest BCUT2D eigenvalue weighted by Gasteiger charge is -2.18. The van der Waals surface area contributed by atoms with E-state index < -0.39 is 6.10 Å². The van der Waals surface area contributed by atoms with E-state index in [-0.39, 0.29) is 30.8 Å². The summed E-state index contributed by atoms with van der Waals surface area (Å²) in [6.45, 7) is 0.222. The number of carbonyl (C=O) groups is 2. The Morgan fingerprint density at radius 3 is 2.96 bits per heavy atom. The van der Waals surface area contributed by atoms with Crippen molar-refractivity contribution < 1.29 is 14.7 Å². The Kier molecular flexibility index (Phi) is 6.63. The molecule has 138 valence electrons. The summed E-state index contributed by atoms with van der Waals surface area (Å²) in [5.41, 5.74) is 0.823. The molecule has 1 aromatic carbocycles. The van der Waals surface area contributed by atoms with Crippen LogP contribution in [0.1, 0.15) is 12.0 Å². The Hall–Kier alpha value is -1.06. The highest BCUT2D eigenvalue weighted by molar-refractivity contribution is 8.26. The number of thioether (sulfide) groups is 2. The van der Waals surface area contributed by atoms with Crippen LogP contribution in [-0.4, -0.2) is 56.3 Å². The van der Waals surface area contributed by atoms with Gasteiger partial charge in [0.05, 0.1) is 17.1 Å². The molecule has 0 aromatic heterocycles. The van der Waals surface area contributed by atoms with Crippen molar-refractivity contribution >= 4 is 69.6 Å². The number of aliphatic hydroxyl groups excluding tert-OH is 1. The highest BCUT2D eigenvalue weighted by Gasteiger charge is 2.33. The van der Waals surface area contributed by atoms with Gasteiger partial charge in [0.2, 0.25) is 5.91 Å². The van der Waals surface area contributed by atoms with E-state index >= 15 is 0 Å². The molecule has 2 heterocycles. The Bertz CT molecular complexity index is 771. The summed E-state index contributed by atoms with van der Waals surface area (Å²) < 4.78 is 0.438. The molecule has 9 heteroatoms. The number of nitrogens with zero attached hydrogens (tertiary/aromatic N) is 1. The Morgan fingerprint density at radius 1 is 1.46 bits per heavy atom. The van der Waals surface area contributed by atoms with Gasteiger partial charge in [0.25, 0.3) is 5.91 Å².